The zero-order chi connectivity index (χ0) is 22.7. The van der Waals surface area contributed by atoms with Crippen LogP contribution in [0.25, 0.3) is 22.1 Å². The van der Waals surface area contributed by atoms with E-state index in [9.17, 15) is 9.59 Å². The van der Waals surface area contributed by atoms with Crippen molar-refractivity contribution >= 4 is 39.9 Å². The fourth-order valence-corrected chi connectivity index (χ4v) is 3.48. The minimum Gasteiger partial charge on any atom is -0.497 e. The summed E-state index contributed by atoms with van der Waals surface area (Å²) < 4.78 is 10.6. The summed E-state index contributed by atoms with van der Waals surface area (Å²) in [6.07, 6.45) is 0. The van der Waals surface area contributed by atoms with Crippen LogP contribution >= 0.6 is 12.2 Å². The molecule has 6 nitrogen and oxygen atoms in total. The number of benzene rings is 3. The summed E-state index contributed by atoms with van der Waals surface area (Å²) >= 11 is 5.33. The first-order valence-corrected chi connectivity index (χ1v) is 10.3. The Balaban J connectivity index is 1.57. The maximum absolute atomic E-state index is 12.5. The van der Waals surface area contributed by atoms with Gasteiger partial charge < -0.3 is 14.5 Å². The maximum Gasteiger partial charge on any atom is 0.344 e. The number of carbonyl (C=O) groups excluding carboxylic acids is 1. The molecule has 4 aromatic rings. The Bertz CT molecular complexity index is 1390. The van der Waals surface area contributed by atoms with Crippen molar-refractivity contribution in [2.75, 3.05) is 12.4 Å². The number of fused-ring (bicyclic) bond motifs is 1. The Kier molecular flexibility index (Phi) is 6.00. The van der Waals surface area contributed by atoms with E-state index in [2.05, 4.69) is 10.6 Å². The zero-order valence-corrected chi connectivity index (χ0v) is 18.3. The lowest BCUT2D eigenvalue weighted by Crippen LogP contribution is -2.34. The van der Waals surface area contributed by atoms with Gasteiger partial charge in [0.2, 0.25) is 0 Å². The Morgan fingerprint density at radius 1 is 1.00 bits per heavy atom. The highest BCUT2D eigenvalue weighted by Crippen LogP contribution is 2.26. The SMILES string of the molecule is COc1cccc(C(=O)NC(=S)Nc2cc(-c3cc4ccccc4oc3=O)ccc2C)c1. The van der Waals surface area contributed by atoms with Gasteiger partial charge in [0, 0.05) is 16.6 Å². The van der Waals surface area contributed by atoms with Crippen LogP contribution in [0.15, 0.2) is 82.0 Å². The van der Waals surface area contributed by atoms with E-state index in [0.29, 0.717) is 33.7 Å². The van der Waals surface area contributed by atoms with Crippen LogP contribution in [0.3, 0.4) is 0 Å². The molecule has 1 amide bonds. The van der Waals surface area contributed by atoms with Gasteiger partial charge in [0.1, 0.15) is 11.3 Å². The molecular formula is C25H20N2O4S. The van der Waals surface area contributed by atoms with Crippen LogP contribution in [-0.4, -0.2) is 18.1 Å². The number of anilines is 1. The van der Waals surface area contributed by atoms with Crippen LogP contribution in [0.4, 0.5) is 5.69 Å². The third kappa shape index (κ3) is 4.53. The van der Waals surface area contributed by atoms with Crippen LogP contribution in [-0.2, 0) is 0 Å². The number of rotatable bonds is 4. The molecule has 0 fully saturated rings. The smallest absolute Gasteiger partial charge is 0.344 e. The molecule has 0 aliphatic heterocycles. The van der Waals surface area contributed by atoms with Gasteiger partial charge in [0.15, 0.2) is 5.11 Å². The summed E-state index contributed by atoms with van der Waals surface area (Å²) in [6.45, 7) is 1.90. The van der Waals surface area contributed by atoms with Gasteiger partial charge in [-0.2, -0.15) is 0 Å². The molecule has 1 aromatic heterocycles. The first-order valence-electron chi connectivity index (χ1n) is 9.85. The fourth-order valence-electron chi connectivity index (χ4n) is 3.28. The fraction of sp³-hybridized carbons (Fsp3) is 0.0800. The molecule has 0 bridgehead atoms. The first-order chi connectivity index (χ1) is 15.4. The van der Waals surface area contributed by atoms with Gasteiger partial charge in [-0.25, -0.2) is 4.79 Å². The monoisotopic (exact) mass is 444 g/mol. The van der Waals surface area contributed by atoms with Gasteiger partial charge >= 0.3 is 5.63 Å². The third-order valence-corrected chi connectivity index (χ3v) is 5.20. The number of ether oxygens (including phenoxy) is 1. The number of aryl methyl sites for hydroxylation is 1. The Morgan fingerprint density at radius 3 is 2.62 bits per heavy atom. The number of methoxy groups -OCH3 is 1. The highest BCUT2D eigenvalue weighted by molar-refractivity contribution is 7.80. The Hall–Kier alpha value is -3.97. The van der Waals surface area contributed by atoms with E-state index in [-0.39, 0.29) is 11.0 Å². The summed E-state index contributed by atoms with van der Waals surface area (Å²) in [5.41, 5.74) is 3.23. The van der Waals surface area contributed by atoms with E-state index in [1.807, 2.05) is 37.3 Å². The zero-order valence-electron chi connectivity index (χ0n) is 17.5. The molecule has 0 saturated heterocycles. The molecule has 3 aromatic carbocycles. The summed E-state index contributed by atoms with van der Waals surface area (Å²) in [7, 11) is 1.54. The van der Waals surface area contributed by atoms with Crippen LogP contribution in [0.2, 0.25) is 0 Å². The number of carbonyl (C=O) groups is 1. The topological polar surface area (TPSA) is 80.6 Å². The van der Waals surface area contributed by atoms with Crippen LogP contribution in [0.5, 0.6) is 5.75 Å². The molecule has 0 aliphatic carbocycles. The van der Waals surface area contributed by atoms with Gasteiger partial charge in [-0.15, -0.1) is 0 Å². The average Bonchev–Trinajstić information content (AvgIpc) is 2.80. The molecule has 0 unspecified atom stereocenters. The summed E-state index contributed by atoms with van der Waals surface area (Å²) in [6, 6.07) is 21.5. The largest absolute Gasteiger partial charge is 0.497 e. The van der Waals surface area contributed by atoms with Crippen molar-refractivity contribution in [3.8, 4) is 16.9 Å². The molecule has 0 atom stereocenters. The van der Waals surface area contributed by atoms with Crippen molar-refractivity contribution in [3.63, 3.8) is 0 Å². The molecule has 2 N–H and O–H groups in total. The van der Waals surface area contributed by atoms with Crippen molar-refractivity contribution in [2.24, 2.45) is 0 Å². The number of amides is 1. The minimum absolute atomic E-state index is 0.142. The third-order valence-electron chi connectivity index (χ3n) is 5.00. The number of hydrogen-bond acceptors (Lipinski definition) is 5. The highest BCUT2D eigenvalue weighted by Gasteiger charge is 2.12. The van der Waals surface area contributed by atoms with Gasteiger partial charge in [-0.05, 0) is 66.7 Å². The van der Waals surface area contributed by atoms with E-state index in [1.165, 1.54) is 7.11 Å². The van der Waals surface area contributed by atoms with E-state index in [1.54, 1.807) is 42.5 Å². The van der Waals surface area contributed by atoms with Crippen molar-refractivity contribution in [1.29, 1.82) is 0 Å². The quantitative estimate of drug-likeness (QED) is 0.344. The summed E-state index contributed by atoms with van der Waals surface area (Å²) in [4.78, 5) is 25.0. The lowest BCUT2D eigenvalue weighted by atomic mass is 10.0. The van der Waals surface area contributed by atoms with Crippen LogP contribution in [0, 0.1) is 6.92 Å². The molecule has 32 heavy (non-hydrogen) atoms. The Morgan fingerprint density at radius 2 is 1.81 bits per heavy atom. The van der Waals surface area contributed by atoms with Crippen molar-refractivity contribution in [1.82, 2.24) is 5.32 Å². The second-order valence-electron chi connectivity index (χ2n) is 7.16. The summed E-state index contributed by atoms with van der Waals surface area (Å²) in [5, 5.41) is 6.68. The van der Waals surface area contributed by atoms with Gasteiger partial charge in [-0.3, -0.25) is 10.1 Å². The van der Waals surface area contributed by atoms with Crippen molar-refractivity contribution in [2.45, 2.75) is 6.92 Å². The molecule has 0 aliphatic rings. The van der Waals surface area contributed by atoms with Crippen LogP contribution < -0.4 is 21.0 Å². The average molecular weight is 445 g/mol. The molecular weight excluding hydrogens is 424 g/mol. The maximum atomic E-state index is 12.5. The minimum atomic E-state index is -0.424. The van der Waals surface area contributed by atoms with E-state index in [4.69, 9.17) is 21.4 Å². The van der Waals surface area contributed by atoms with E-state index in [0.717, 1.165) is 10.9 Å². The first kappa shape index (κ1) is 21.3. The van der Waals surface area contributed by atoms with Crippen LogP contribution in [0.1, 0.15) is 15.9 Å². The second kappa shape index (κ2) is 9.03. The van der Waals surface area contributed by atoms with Gasteiger partial charge in [0.05, 0.1) is 12.7 Å². The number of thiocarbonyl (C=S) groups is 1. The summed E-state index contributed by atoms with van der Waals surface area (Å²) in [5.74, 6) is 0.222. The van der Waals surface area contributed by atoms with Gasteiger partial charge in [-0.1, -0.05) is 36.4 Å². The van der Waals surface area contributed by atoms with E-state index < -0.39 is 5.63 Å². The molecule has 7 heteroatoms. The molecule has 4 rings (SSSR count). The molecule has 1 heterocycles. The lowest BCUT2D eigenvalue weighted by Gasteiger charge is -2.13. The molecule has 0 spiro atoms. The number of para-hydroxylation sites is 1. The highest BCUT2D eigenvalue weighted by atomic mass is 32.1. The van der Waals surface area contributed by atoms with E-state index >= 15 is 0 Å². The predicted octanol–water partition coefficient (Wildman–Crippen LogP) is 4.90. The van der Waals surface area contributed by atoms with Crippen molar-refractivity contribution < 1.29 is 13.9 Å². The Labute approximate surface area is 189 Å². The number of nitrogens with one attached hydrogen (secondary N) is 2. The molecule has 0 saturated carbocycles. The second-order valence-corrected chi connectivity index (χ2v) is 7.56. The molecule has 160 valence electrons. The predicted molar refractivity (Wildman–Crippen MR) is 129 cm³/mol. The molecule has 0 radical (unpaired) electrons. The lowest BCUT2D eigenvalue weighted by molar-refractivity contribution is 0.0977. The normalized spacial score (nSPS) is 10.6. The number of hydrogen-bond donors (Lipinski definition) is 2. The van der Waals surface area contributed by atoms with Crippen molar-refractivity contribution in [3.05, 3.63) is 94.3 Å². The van der Waals surface area contributed by atoms with Gasteiger partial charge in [0.25, 0.3) is 5.91 Å². The standard InChI is InChI=1S/C25H20N2O4S/c1-15-10-11-16(20-13-17-6-3-4-9-22(17)31-24(20)29)14-21(15)26-25(32)27-23(28)18-7-5-8-19(12-18)30-2/h3-14H,1-2H3,(H2,26,27,28,32).